The Kier molecular flexibility index (Phi) is 8.85. The SMILES string of the molecule is COc1cc(CNCCCn2ccnc2)ccc1OCc1cccc(C)c1.Cl. The number of aromatic nitrogens is 2. The van der Waals surface area contributed by atoms with Crippen LogP contribution in [0.1, 0.15) is 23.1 Å². The second-order valence-electron chi connectivity index (χ2n) is 6.59. The van der Waals surface area contributed by atoms with Crippen LogP contribution in [0, 0.1) is 6.92 Å². The van der Waals surface area contributed by atoms with E-state index in [1.54, 1.807) is 7.11 Å². The van der Waals surface area contributed by atoms with Crippen LogP contribution in [0.5, 0.6) is 11.5 Å². The van der Waals surface area contributed by atoms with Gasteiger partial charge in [0.1, 0.15) is 6.61 Å². The summed E-state index contributed by atoms with van der Waals surface area (Å²) in [7, 11) is 1.68. The summed E-state index contributed by atoms with van der Waals surface area (Å²) < 4.78 is 13.6. The highest BCUT2D eigenvalue weighted by molar-refractivity contribution is 5.85. The Morgan fingerprint density at radius 2 is 1.96 bits per heavy atom. The second-order valence-corrected chi connectivity index (χ2v) is 6.59. The average Bonchev–Trinajstić information content (AvgIpc) is 3.20. The molecule has 1 N–H and O–H groups in total. The van der Waals surface area contributed by atoms with Crippen LogP contribution in [0.25, 0.3) is 0 Å². The molecule has 6 heteroatoms. The first-order valence-electron chi connectivity index (χ1n) is 9.26. The van der Waals surface area contributed by atoms with E-state index in [0.717, 1.165) is 43.1 Å². The highest BCUT2D eigenvalue weighted by Crippen LogP contribution is 2.29. The normalized spacial score (nSPS) is 10.4. The molecule has 3 aromatic rings. The molecule has 0 aliphatic rings. The highest BCUT2D eigenvalue weighted by Gasteiger charge is 2.06. The van der Waals surface area contributed by atoms with E-state index in [1.807, 2.05) is 36.9 Å². The molecule has 0 fully saturated rings. The van der Waals surface area contributed by atoms with E-state index in [1.165, 1.54) is 11.1 Å². The Hall–Kier alpha value is -2.50. The number of hydrogen-bond donors (Lipinski definition) is 1. The molecule has 0 saturated heterocycles. The first-order valence-corrected chi connectivity index (χ1v) is 9.26. The van der Waals surface area contributed by atoms with Crippen molar-refractivity contribution >= 4 is 12.4 Å². The molecule has 0 aliphatic heterocycles. The third-order valence-corrected chi connectivity index (χ3v) is 4.36. The van der Waals surface area contributed by atoms with Crippen LogP contribution in [0.4, 0.5) is 0 Å². The van der Waals surface area contributed by atoms with Crippen LogP contribution in [0.3, 0.4) is 0 Å². The molecule has 5 nitrogen and oxygen atoms in total. The Morgan fingerprint density at radius 1 is 1.07 bits per heavy atom. The van der Waals surface area contributed by atoms with Gasteiger partial charge in [0.05, 0.1) is 13.4 Å². The summed E-state index contributed by atoms with van der Waals surface area (Å²) in [5, 5.41) is 3.47. The van der Waals surface area contributed by atoms with Gasteiger partial charge < -0.3 is 19.4 Å². The molecule has 2 aromatic carbocycles. The third-order valence-electron chi connectivity index (χ3n) is 4.36. The number of rotatable bonds is 10. The lowest BCUT2D eigenvalue weighted by atomic mass is 10.1. The standard InChI is InChI=1S/C22H27N3O2.ClH/c1-18-5-3-6-20(13-18)16-27-21-8-7-19(14-22(21)26-2)15-23-9-4-11-25-12-10-24-17-25;/h3,5-8,10,12-14,17,23H,4,9,11,15-16H2,1-2H3;1H. The van der Waals surface area contributed by atoms with Crippen LogP contribution in [0.15, 0.2) is 61.2 Å². The number of nitrogens with one attached hydrogen (secondary N) is 1. The number of nitrogens with zero attached hydrogens (tertiary/aromatic N) is 2. The zero-order valence-corrected chi connectivity index (χ0v) is 17.2. The maximum Gasteiger partial charge on any atom is 0.161 e. The third kappa shape index (κ3) is 6.59. The van der Waals surface area contributed by atoms with Gasteiger partial charge in [-0.05, 0) is 43.1 Å². The van der Waals surface area contributed by atoms with E-state index in [-0.39, 0.29) is 12.4 Å². The Labute approximate surface area is 173 Å². The summed E-state index contributed by atoms with van der Waals surface area (Å²) in [5.41, 5.74) is 3.57. The number of ether oxygens (including phenoxy) is 2. The van der Waals surface area contributed by atoms with Gasteiger partial charge in [0.25, 0.3) is 0 Å². The maximum atomic E-state index is 5.95. The molecule has 0 aliphatic carbocycles. The second kappa shape index (κ2) is 11.4. The van der Waals surface area contributed by atoms with Gasteiger partial charge in [0.2, 0.25) is 0 Å². The van der Waals surface area contributed by atoms with Gasteiger partial charge in [-0.1, -0.05) is 35.9 Å². The fraction of sp³-hybridized carbons (Fsp3) is 0.318. The Morgan fingerprint density at radius 3 is 2.71 bits per heavy atom. The van der Waals surface area contributed by atoms with Gasteiger partial charge in [-0.2, -0.15) is 0 Å². The number of hydrogen-bond acceptors (Lipinski definition) is 4. The summed E-state index contributed by atoms with van der Waals surface area (Å²) in [6.45, 7) is 5.35. The zero-order chi connectivity index (χ0) is 18.9. The minimum absolute atomic E-state index is 0. The average molecular weight is 402 g/mol. The van der Waals surface area contributed by atoms with E-state index in [4.69, 9.17) is 9.47 Å². The lowest BCUT2D eigenvalue weighted by molar-refractivity contribution is 0.284. The summed E-state index contributed by atoms with van der Waals surface area (Å²) in [6, 6.07) is 14.4. The fourth-order valence-corrected chi connectivity index (χ4v) is 2.94. The van der Waals surface area contributed by atoms with Crippen molar-refractivity contribution in [3.8, 4) is 11.5 Å². The summed E-state index contributed by atoms with van der Waals surface area (Å²) in [6.07, 6.45) is 6.70. The molecule has 150 valence electrons. The van der Waals surface area contributed by atoms with Crippen molar-refractivity contribution in [2.45, 2.75) is 33.0 Å². The zero-order valence-electron chi connectivity index (χ0n) is 16.4. The van der Waals surface area contributed by atoms with Crippen molar-refractivity contribution in [2.75, 3.05) is 13.7 Å². The molecule has 0 bridgehead atoms. The van der Waals surface area contributed by atoms with E-state index in [2.05, 4.69) is 46.1 Å². The smallest absolute Gasteiger partial charge is 0.161 e. The van der Waals surface area contributed by atoms with Crippen LogP contribution >= 0.6 is 12.4 Å². The molecule has 0 radical (unpaired) electrons. The largest absolute Gasteiger partial charge is 0.493 e. The molecule has 3 rings (SSSR count). The van der Waals surface area contributed by atoms with Crippen molar-refractivity contribution in [3.05, 3.63) is 77.9 Å². The van der Waals surface area contributed by atoms with Gasteiger partial charge in [0.15, 0.2) is 11.5 Å². The van der Waals surface area contributed by atoms with Gasteiger partial charge in [-0.15, -0.1) is 12.4 Å². The maximum absolute atomic E-state index is 5.95. The molecule has 0 atom stereocenters. The van der Waals surface area contributed by atoms with Crippen molar-refractivity contribution in [3.63, 3.8) is 0 Å². The minimum Gasteiger partial charge on any atom is -0.493 e. The topological polar surface area (TPSA) is 48.3 Å². The fourth-order valence-electron chi connectivity index (χ4n) is 2.94. The number of aryl methyl sites for hydroxylation is 2. The molecular formula is C22H28ClN3O2. The highest BCUT2D eigenvalue weighted by atomic mass is 35.5. The molecule has 1 heterocycles. The minimum atomic E-state index is 0. The number of benzene rings is 2. The van der Waals surface area contributed by atoms with E-state index >= 15 is 0 Å². The summed E-state index contributed by atoms with van der Waals surface area (Å²) in [4.78, 5) is 4.05. The first kappa shape index (κ1) is 21.8. The summed E-state index contributed by atoms with van der Waals surface area (Å²) >= 11 is 0. The van der Waals surface area contributed by atoms with Crippen molar-refractivity contribution in [2.24, 2.45) is 0 Å². The van der Waals surface area contributed by atoms with Crippen LogP contribution in [0.2, 0.25) is 0 Å². The summed E-state index contributed by atoms with van der Waals surface area (Å²) in [5.74, 6) is 1.53. The molecule has 28 heavy (non-hydrogen) atoms. The first-order chi connectivity index (χ1) is 13.2. The lowest BCUT2D eigenvalue weighted by Crippen LogP contribution is -2.16. The predicted octanol–water partition coefficient (Wildman–Crippen LogP) is 4.38. The monoisotopic (exact) mass is 401 g/mol. The van der Waals surface area contributed by atoms with Gasteiger partial charge in [0, 0.05) is 25.5 Å². The Bertz CT molecular complexity index is 838. The van der Waals surface area contributed by atoms with Crippen LogP contribution < -0.4 is 14.8 Å². The number of halogens is 1. The van der Waals surface area contributed by atoms with Crippen LogP contribution in [-0.2, 0) is 19.7 Å². The van der Waals surface area contributed by atoms with E-state index < -0.39 is 0 Å². The lowest BCUT2D eigenvalue weighted by Gasteiger charge is -2.13. The van der Waals surface area contributed by atoms with Gasteiger partial charge in [-0.25, -0.2) is 4.98 Å². The number of imidazole rings is 1. The molecule has 1 aromatic heterocycles. The molecule has 0 unspecified atom stereocenters. The van der Waals surface area contributed by atoms with Crippen LogP contribution in [-0.4, -0.2) is 23.2 Å². The molecule has 0 saturated carbocycles. The molecular weight excluding hydrogens is 374 g/mol. The quantitative estimate of drug-likeness (QED) is 0.512. The van der Waals surface area contributed by atoms with E-state index in [9.17, 15) is 0 Å². The Balaban J connectivity index is 0.00000280. The number of methoxy groups -OCH3 is 1. The predicted molar refractivity (Wildman–Crippen MR) is 114 cm³/mol. The van der Waals surface area contributed by atoms with Gasteiger partial charge >= 0.3 is 0 Å². The van der Waals surface area contributed by atoms with Crippen molar-refractivity contribution in [1.82, 2.24) is 14.9 Å². The molecule has 0 spiro atoms. The van der Waals surface area contributed by atoms with Crippen molar-refractivity contribution in [1.29, 1.82) is 0 Å². The van der Waals surface area contributed by atoms with Crippen molar-refractivity contribution < 1.29 is 9.47 Å². The molecule has 0 amide bonds. The van der Waals surface area contributed by atoms with E-state index in [0.29, 0.717) is 6.61 Å². The van der Waals surface area contributed by atoms with Gasteiger partial charge in [-0.3, -0.25) is 0 Å².